The van der Waals surface area contributed by atoms with Gasteiger partial charge in [-0.15, -0.1) is 0 Å². The van der Waals surface area contributed by atoms with E-state index in [0.29, 0.717) is 22.9 Å². The van der Waals surface area contributed by atoms with E-state index in [1.54, 1.807) is 18.2 Å². The molecule has 104 valence electrons. The zero-order chi connectivity index (χ0) is 14.0. The molecule has 19 heavy (non-hydrogen) atoms. The minimum atomic E-state index is -0.0933. The summed E-state index contributed by atoms with van der Waals surface area (Å²) in [4.78, 5) is 12.2. The lowest BCUT2D eigenvalue weighted by Gasteiger charge is -2.32. The van der Waals surface area contributed by atoms with Crippen LogP contribution in [-0.4, -0.2) is 11.9 Å². The molecule has 1 saturated carbocycles. The Bertz CT molecular complexity index is 472. The van der Waals surface area contributed by atoms with Gasteiger partial charge < -0.3 is 16.8 Å². The molecule has 1 aromatic carbocycles. The third-order valence-corrected chi connectivity index (χ3v) is 4.25. The summed E-state index contributed by atoms with van der Waals surface area (Å²) in [6, 6.07) is 5.28. The van der Waals surface area contributed by atoms with Crippen molar-refractivity contribution in [1.82, 2.24) is 5.32 Å². The minimum Gasteiger partial charge on any atom is -0.399 e. The van der Waals surface area contributed by atoms with Crippen LogP contribution in [0.25, 0.3) is 0 Å². The summed E-state index contributed by atoms with van der Waals surface area (Å²) in [5.74, 6) is 1.31. The minimum absolute atomic E-state index is 0.0933. The number of hydrogen-bond acceptors (Lipinski definition) is 3. The van der Waals surface area contributed by atoms with Gasteiger partial charge in [-0.25, -0.2) is 0 Å². The Balaban J connectivity index is 2.01. The van der Waals surface area contributed by atoms with Crippen molar-refractivity contribution in [3.63, 3.8) is 0 Å². The number of nitrogen functional groups attached to an aromatic ring is 2. The van der Waals surface area contributed by atoms with E-state index in [0.717, 1.165) is 18.8 Å². The van der Waals surface area contributed by atoms with E-state index in [1.807, 2.05) is 0 Å². The Labute approximate surface area is 114 Å². The van der Waals surface area contributed by atoms with Crippen molar-refractivity contribution < 1.29 is 4.79 Å². The van der Waals surface area contributed by atoms with Gasteiger partial charge in [0.25, 0.3) is 5.91 Å². The van der Waals surface area contributed by atoms with Crippen molar-refractivity contribution in [3.05, 3.63) is 23.8 Å². The predicted molar refractivity (Wildman–Crippen MR) is 78.7 cm³/mol. The summed E-state index contributed by atoms with van der Waals surface area (Å²) in [5, 5.41) is 3.09. The van der Waals surface area contributed by atoms with E-state index in [4.69, 9.17) is 11.5 Å². The van der Waals surface area contributed by atoms with E-state index in [1.165, 1.54) is 6.42 Å². The fourth-order valence-corrected chi connectivity index (χ4v) is 2.73. The van der Waals surface area contributed by atoms with Crippen molar-refractivity contribution in [2.75, 3.05) is 11.5 Å². The second-order valence-electron chi connectivity index (χ2n) is 5.78. The summed E-state index contributed by atoms with van der Waals surface area (Å²) < 4.78 is 0. The molecule has 1 aliphatic rings. The molecule has 0 bridgehead atoms. The molecule has 3 unspecified atom stereocenters. The van der Waals surface area contributed by atoms with Crippen LogP contribution in [-0.2, 0) is 0 Å². The van der Waals surface area contributed by atoms with E-state index in [2.05, 4.69) is 19.2 Å². The van der Waals surface area contributed by atoms with Gasteiger partial charge >= 0.3 is 0 Å². The number of anilines is 2. The number of nitrogens with two attached hydrogens (primary N) is 2. The average Bonchev–Trinajstić information content (AvgIpc) is 2.33. The zero-order valence-corrected chi connectivity index (χ0v) is 11.6. The Kier molecular flexibility index (Phi) is 3.98. The lowest BCUT2D eigenvalue weighted by atomic mass is 9.79. The number of amides is 1. The molecule has 1 fully saturated rings. The highest BCUT2D eigenvalue weighted by Crippen LogP contribution is 2.29. The molecule has 4 heteroatoms. The van der Waals surface area contributed by atoms with Crippen LogP contribution in [0.1, 0.15) is 43.5 Å². The molecule has 0 saturated heterocycles. The molecule has 0 aliphatic heterocycles. The lowest BCUT2D eigenvalue weighted by molar-refractivity contribution is 0.0911. The lowest BCUT2D eigenvalue weighted by Crippen LogP contribution is -2.40. The van der Waals surface area contributed by atoms with Crippen LogP contribution < -0.4 is 16.8 Å². The Morgan fingerprint density at radius 1 is 1.21 bits per heavy atom. The van der Waals surface area contributed by atoms with Crippen molar-refractivity contribution in [1.29, 1.82) is 0 Å². The fourth-order valence-electron chi connectivity index (χ4n) is 2.73. The Hall–Kier alpha value is -1.71. The highest BCUT2D eigenvalue weighted by atomic mass is 16.1. The van der Waals surface area contributed by atoms with Gasteiger partial charge in [0, 0.05) is 17.4 Å². The molecule has 0 radical (unpaired) electrons. The molecule has 0 spiro atoms. The summed E-state index contributed by atoms with van der Waals surface area (Å²) in [5.41, 5.74) is 13.0. The monoisotopic (exact) mass is 261 g/mol. The second kappa shape index (κ2) is 5.51. The van der Waals surface area contributed by atoms with Crippen molar-refractivity contribution in [2.24, 2.45) is 11.8 Å². The Morgan fingerprint density at radius 3 is 2.58 bits per heavy atom. The van der Waals surface area contributed by atoms with Gasteiger partial charge in [-0.2, -0.15) is 0 Å². The predicted octanol–water partition coefficient (Wildman–Crippen LogP) is 2.41. The van der Waals surface area contributed by atoms with E-state index >= 15 is 0 Å². The van der Waals surface area contributed by atoms with Gasteiger partial charge in [0.15, 0.2) is 0 Å². The number of carbonyl (C=O) groups excluding carboxylic acids is 1. The van der Waals surface area contributed by atoms with Crippen LogP contribution in [0.15, 0.2) is 18.2 Å². The SMILES string of the molecule is CC1CCC(NC(=O)c2ccc(N)cc2N)CC1C. The third kappa shape index (κ3) is 3.19. The van der Waals surface area contributed by atoms with Crippen molar-refractivity contribution >= 4 is 17.3 Å². The number of hydrogen-bond donors (Lipinski definition) is 3. The summed E-state index contributed by atoms with van der Waals surface area (Å²) in [6.07, 6.45) is 3.26. The van der Waals surface area contributed by atoms with Crippen LogP contribution >= 0.6 is 0 Å². The molecule has 5 N–H and O–H groups in total. The van der Waals surface area contributed by atoms with Gasteiger partial charge in [-0.1, -0.05) is 13.8 Å². The van der Waals surface area contributed by atoms with E-state index < -0.39 is 0 Å². The van der Waals surface area contributed by atoms with Crippen LogP contribution in [0.2, 0.25) is 0 Å². The third-order valence-electron chi connectivity index (χ3n) is 4.25. The maximum absolute atomic E-state index is 12.2. The Morgan fingerprint density at radius 2 is 1.95 bits per heavy atom. The highest BCUT2D eigenvalue weighted by Gasteiger charge is 2.26. The number of nitrogens with one attached hydrogen (secondary N) is 1. The molecule has 4 nitrogen and oxygen atoms in total. The maximum atomic E-state index is 12.2. The van der Waals surface area contributed by atoms with Crippen LogP contribution in [0, 0.1) is 11.8 Å². The zero-order valence-electron chi connectivity index (χ0n) is 11.6. The summed E-state index contributed by atoms with van der Waals surface area (Å²) in [7, 11) is 0. The molecule has 0 heterocycles. The summed E-state index contributed by atoms with van der Waals surface area (Å²) in [6.45, 7) is 4.53. The highest BCUT2D eigenvalue weighted by molar-refractivity contribution is 5.99. The first-order valence-corrected chi connectivity index (χ1v) is 6.93. The van der Waals surface area contributed by atoms with Crippen molar-refractivity contribution in [2.45, 2.75) is 39.2 Å². The first-order valence-electron chi connectivity index (χ1n) is 6.93. The number of rotatable bonds is 2. The molecule has 3 atom stereocenters. The molecule has 1 aromatic rings. The van der Waals surface area contributed by atoms with Gasteiger partial charge in [-0.3, -0.25) is 4.79 Å². The topological polar surface area (TPSA) is 81.1 Å². The number of carbonyl (C=O) groups is 1. The molecule has 2 rings (SSSR count). The number of benzene rings is 1. The molecule has 1 amide bonds. The van der Waals surface area contributed by atoms with Crippen LogP contribution in [0.3, 0.4) is 0 Å². The van der Waals surface area contributed by atoms with E-state index in [9.17, 15) is 4.79 Å². The first kappa shape index (κ1) is 13.7. The van der Waals surface area contributed by atoms with Gasteiger partial charge in [0.2, 0.25) is 0 Å². The largest absolute Gasteiger partial charge is 0.399 e. The van der Waals surface area contributed by atoms with Crippen LogP contribution in [0.5, 0.6) is 0 Å². The van der Waals surface area contributed by atoms with Crippen LogP contribution in [0.4, 0.5) is 11.4 Å². The molecular weight excluding hydrogens is 238 g/mol. The van der Waals surface area contributed by atoms with E-state index in [-0.39, 0.29) is 11.9 Å². The van der Waals surface area contributed by atoms with Gasteiger partial charge in [0.1, 0.15) is 0 Å². The standard InChI is InChI=1S/C15H23N3O/c1-9-3-5-12(7-10(9)2)18-15(19)13-6-4-11(16)8-14(13)17/h4,6,8-10,12H,3,5,7,16-17H2,1-2H3,(H,18,19). The smallest absolute Gasteiger partial charge is 0.253 e. The van der Waals surface area contributed by atoms with Crippen molar-refractivity contribution in [3.8, 4) is 0 Å². The first-order chi connectivity index (χ1) is 8.97. The van der Waals surface area contributed by atoms with Gasteiger partial charge in [0.05, 0.1) is 5.56 Å². The molecule has 1 aliphatic carbocycles. The summed E-state index contributed by atoms with van der Waals surface area (Å²) >= 11 is 0. The molecule has 0 aromatic heterocycles. The average molecular weight is 261 g/mol. The quantitative estimate of drug-likeness (QED) is 0.715. The maximum Gasteiger partial charge on any atom is 0.253 e. The fraction of sp³-hybridized carbons (Fsp3) is 0.533. The second-order valence-corrected chi connectivity index (χ2v) is 5.78. The molecular formula is C15H23N3O. The normalized spacial score (nSPS) is 26.9. The van der Waals surface area contributed by atoms with Gasteiger partial charge in [-0.05, 0) is 49.3 Å².